The maximum absolute atomic E-state index is 10.9. The summed E-state index contributed by atoms with van der Waals surface area (Å²) < 4.78 is 5.95. The molecule has 0 aliphatic heterocycles. The van der Waals surface area contributed by atoms with Gasteiger partial charge >= 0.3 is 5.97 Å². The number of rotatable bonds is 6. The van der Waals surface area contributed by atoms with Crippen molar-refractivity contribution in [3.63, 3.8) is 0 Å². The summed E-state index contributed by atoms with van der Waals surface area (Å²) in [5, 5.41) is 22.0. The van der Waals surface area contributed by atoms with Crippen molar-refractivity contribution in [2.45, 2.75) is 26.4 Å². The standard InChI is InChI=1S/C22H20N6O2/c1-15-23-24-21-8-7-18-20(28(15)21)13-19(27(18)14-16-5-3-2-4-6-16)17-9-11-26(25-17)12-10-22(29)30/h2-9,11,13H,10,12,14H2,1H3,(H,29,30). The van der Waals surface area contributed by atoms with Crippen LogP contribution in [0.5, 0.6) is 0 Å². The van der Waals surface area contributed by atoms with Crippen LogP contribution in [0.4, 0.5) is 0 Å². The van der Waals surface area contributed by atoms with Crippen molar-refractivity contribution in [1.29, 1.82) is 0 Å². The Morgan fingerprint density at radius 2 is 1.87 bits per heavy atom. The number of carboxylic acid groups (broad SMARTS) is 1. The predicted molar refractivity (Wildman–Crippen MR) is 112 cm³/mol. The molecule has 5 rings (SSSR count). The summed E-state index contributed by atoms with van der Waals surface area (Å²) >= 11 is 0. The number of aromatic nitrogens is 6. The van der Waals surface area contributed by atoms with Crippen LogP contribution in [-0.4, -0.2) is 40.0 Å². The van der Waals surface area contributed by atoms with E-state index in [2.05, 4.69) is 44.1 Å². The number of fused-ring (bicyclic) bond motifs is 3. The first-order valence-electron chi connectivity index (χ1n) is 9.74. The molecule has 5 aromatic rings. The summed E-state index contributed by atoms with van der Waals surface area (Å²) in [6.45, 7) is 2.96. The van der Waals surface area contributed by atoms with Crippen LogP contribution >= 0.6 is 0 Å². The van der Waals surface area contributed by atoms with Crippen LogP contribution < -0.4 is 0 Å². The fraction of sp³-hybridized carbons (Fsp3) is 0.182. The van der Waals surface area contributed by atoms with Crippen molar-refractivity contribution < 1.29 is 9.90 Å². The van der Waals surface area contributed by atoms with Gasteiger partial charge < -0.3 is 9.67 Å². The second-order valence-corrected chi connectivity index (χ2v) is 7.25. The number of carbonyl (C=O) groups is 1. The lowest BCUT2D eigenvalue weighted by molar-refractivity contribution is -0.137. The molecule has 8 heteroatoms. The Kier molecular flexibility index (Phi) is 4.31. The maximum atomic E-state index is 10.9. The molecule has 0 fully saturated rings. The highest BCUT2D eigenvalue weighted by Crippen LogP contribution is 2.29. The van der Waals surface area contributed by atoms with Crippen molar-refractivity contribution in [2.75, 3.05) is 0 Å². The van der Waals surface area contributed by atoms with Crippen molar-refractivity contribution in [1.82, 2.24) is 28.9 Å². The van der Waals surface area contributed by atoms with Gasteiger partial charge in [0.05, 0.1) is 29.7 Å². The minimum atomic E-state index is -0.837. The number of pyridine rings is 1. The summed E-state index contributed by atoms with van der Waals surface area (Å²) in [4.78, 5) is 10.9. The van der Waals surface area contributed by atoms with Gasteiger partial charge in [-0.15, -0.1) is 10.2 Å². The van der Waals surface area contributed by atoms with Crippen LogP contribution in [0.15, 0.2) is 60.8 Å². The Morgan fingerprint density at radius 1 is 1.03 bits per heavy atom. The Morgan fingerprint density at radius 3 is 2.67 bits per heavy atom. The highest BCUT2D eigenvalue weighted by Gasteiger charge is 2.17. The molecule has 0 atom stereocenters. The van der Waals surface area contributed by atoms with E-state index in [1.54, 1.807) is 4.68 Å². The van der Waals surface area contributed by atoms with Crippen molar-refractivity contribution in [3.05, 3.63) is 72.2 Å². The number of benzene rings is 1. The fourth-order valence-electron chi connectivity index (χ4n) is 3.82. The van der Waals surface area contributed by atoms with Gasteiger partial charge in [-0.2, -0.15) is 5.10 Å². The smallest absolute Gasteiger partial charge is 0.305 e. The van der Waals surface area contributed by atoms with Crippen LogP contribution in [-0.2, 0) is 17.9 Å². The monoisotopic (exact) mass is 400 g/mol. The molecule has 0 saturated heterocycles. The number of nitrogens with zero attached hydrogens (tertiary/aromatic N) is 6. The molecule has 0 aliphatic rings. The molecule has 0 aliphatic carbocycles. The zero-order valence-corrected chi connectivity index (χ0v) is 16.4. The molecule has 0 amide bonds. The maximum Gasteiger partial charge on any atom is 0.305 e. The molecule has 4 aromatic heterocycles. The summed E-state index contributed by atoms with van der Waals surface area (Å²) in [7, 11) is 0. The third-order valence-electron chi connectivity index (χ3n) is 5.24. The minimum Gasteiger partial charge on any atom is -0.481 e. The van der Waals surface area contributed by atoms with Gasteiger partial charge in [-0.3, -0.25) is 13.9 Å². The third kappa shape index (κ3) is 3.12. The van der Waals surface area contributed by atoms with E-state index in [1.165, 1.54) is 5.56 Å². The molecule has 0 radical (unpaired) electrons. The topological polar surface area (TPSA) is 90.2 Å². The molecule has 1 N–H and O–H groups in total. The summed E-state index contributed by atoms with van der Waals surface area (Å²) in [6, 6.07) is 18.3. The van der Waals surface area contributed by atoms with Gasteiger partial charge in [0.1, 0.15) is 11.5 Å². The zero-order chi connectivity index (χ0) is 20.7. The lowest BCUT2D eigenvalue weighted by Crippen LogP contribution is -2.06. The van der Waals surface area contributed by atoms with E-state index < -0.39 is 5.97 Å². The Hall–Kier alpha value is -3.94. The van der Waals surface area contributed by atoms with Crippen LogP contribution in [0.25, 0.3) is 28.1 Å². The molecule has 0 saturated carbocycles. The fourth-order valence-corrected chi connectivity index (χ4v) is 3.82. The number of aliphatic carboxylic acids is 1. The van der Waals surface area contributed by atoms with Gasteiger partial charge in [-0.25, -0.2) is 0 Å². The average Bonchev–Trinajstić information content (AvgIpc) is 3.45. The minimum absolute atomic E-state index is 0.0364. The molecule has 1 aromatic carbocycles. The summed E-state index contributed by atoms with van der Waals surface area (Å²) in [5.41, 5.74) is 5.82. The number of hydrogen-bond acceptors (Lipinski definition) is 4. The van der Waals surface area contributed by atoms with E-state index >= 15 is 0 Å². The van der Waals surface area contributed by atoms with Gasteiger partial charge in [0.25, 0.3) is 0 Å². The van der Waals surface area contributed by atoms with Crippen molar-refractivity contribution in [3.8, 4) is 11.4 Å². The number of carboxylic acids is 1. The van der Waals surface area contributed by atoms with Crippen molar-refractivity contribution >= 4 is 22.6 Å². The Bertz CT molecular complexity index is 1360. The number of hydrogen-bond donors (Lipinski definition) is 1. The molecule has 0 bridgehead atoms. The zero-order valence-electron chi connectivity index (χ0n) is 16.4. The van der Waals surface area contributed by atoms with Crippen molar-refractivity contribution in [2.24, 2.45) is 0 Å². The van der Waals surface area contributed by atoms with Crippen LogP contribution in [0.1, 0.15) is 17.8 Å². The van der Waals surface area contributed by atoms with Gasteiger partial charge in [0, 0.05) is 12.7 Å². The van der Waals surface area contributed by atoms with E-state index in [0.717, 1.165) is 33.9 Å². The van der Waals surface area contributed by atoms with Gasteiger partial charge in [0.2, 0.25) is 0 Å². The van der Waals surface area contributed by atoms with Crippen LogP contribution in [0.2, 0.25) is 0 Å². The molecular weight excluding hydrogens is 380 g/mol. The summed E-state index contributed by atoms with van der Waals surface area (Å²) in [5.74, 6) is -0.0123. The number of aryl methyl sites for hydroxylation is 2. The molecule has 150 valence electrons. The molecule has 30 heavy (non-hydrogen) atoms. The quantitative estimate of drug-likeness (QED) is 0.472. The second kappa shape index (κ2) is 7.14. The van der Waals surface area contributed by atoms with E-state index in [1.807, 2.05) is 47.9 Å². The highest BCUT2D eigenvalue weighted by atomic mass is 16.4. The van der Waals surface area contributed by atoms with Crippen LogP contribution in [0, 0.1) is 6.92 Å². The Balaban J connectivity index is 1.67. The van der Waals surface area contributed by atoms with Crippen LogP contribution in [0.3, 0.4) is 0 Å². The largest absolute Gasteiger partial charge is 0.481 e. The van der Waals surface area contributed by atoms with Gasteiger partial charge in [0.15, 0.2) is 5.65 Å². The molecule has 0 unspecified atom stereocenters. The lowest BCUT2D eigenvalue weighted by Gasteiger charge is -2.10. The van der Waals surface area contributed by atoms with Gasteiger partial charge in [-0.1, -0.05) is 30.3 Å². The average molecular weight is 400 g/mol. The molecule has 4 heterocycles. The molecule has 8 nitrogen and oxygen atoms in total. The first kappa shape index (κ1) is 18.1. The van der Waals surface area contributed by atoms with E-state index in [-0.39, 0.29) is 6.42 Å². The normalized spacial score (nSPS) is 11.5. The summed E-state index contributed by atoms with van der Waals surface area (Å²) in [6.07, 6.45) is 1.86. The second-order valence-electron chi connectivity index (χ2n) is 7.25. The highest BCUT2D eigenvalue weighted by molar-refractivity contribution is 5.86. The first-order valence-corrected chi connectivity index (χ1v) is 9.74. The molecule has 0 spiro atoms. The first-order chi connectivity index (χ1) is 14.6. The lowest BCUT2D eigenvalue weighted by atomic mass is 10.2. The van der Waals surface area contributed by atoms with E-state index in [0.29, 0.717) is 13.1 Å². The SMILES string of the molecule is Cc1nnc2ccc3c(cc(-c4ccn(CCC(=O)O)n4)n3Cc3ccccc3)n12. The molecular formula is C22H20N6O2. The third-order valence-corrected chi connectivity index (χ3v) is 5.24. The van der Waals surface area contributed by atoms with E-state index in [9.17, 15) is 4.79 Å². The van der Waals surface area contributed by atoms with E-state index in [4.69, 9.17) is 5.11 Å². The Labute approximate surface area is 172 Å². The predicted octanol–water partition coefficient (Wildman–Crippen LogP) is 3.38. The van der Waals surface area contributed by atoms with Gasteiger partial charge in [-0.05, 0) is 36.8 Å².